The smallest absolute Gasteiger partial charge is 0.212 e. The van der Waals surface area contributed by atoms with E-state index in [4.69, 9.17) is 9.88 Å². The average Bonchev–Trinajstić information content (AvgIpc) is 1.82. The fourth-order valence-electron chi connectivity index (χ4n) is 1.61. The summed E-state index contributed by atoms with van der Waals surface area (Å²) in [6.07, 6.45) is 1.03. The van der Waals surface area contributed by atoms with Crippen molar-refractivity contribution >= 4 is 10.0 Å². The van der Waals surface area contributed by atoms with E-state index in [9.17, 15) is 8.42 Å². The van der Waals surface area contributed by atoms with Crippen LogP contribution < -0.4 is 5.14 Å². The summed E-state index contributed by atoms with van der Waals surface area (Å²) in [5, 5.41) is 4.63. The maximum Gasteiger partial charge on any atom is 0.212 e. The van der Waals surface area contributed by atoms with Crippen LogP contribution in [0.1, 0.15) is 26.7 Å². The second-order valence-electron chi connectivity index (χ2n) is 3.44. The van der Waals surface area contributed by atoms with Crippen LogP contribution in [0.25, 0.3) is 0 Å². The van der Waals surface area contributed by atoms with Gasteiger partial charge in [0.05, 0.1) is 17.5 Å². The minimum atomic E-state index is -3.37. The Bertz CT molecular complexity index is 239. The molecule has 1 heterocycles. The first-order valence-corrected chi connectivity index (χ1v) is 5.67. The highest BCUT2D eigenvalue weighted by atomic mass is 32.2. The van der Waals surface area contributed by atoms with E-state index in [0.29, 0.717) is 12.8 Å². The Morgan fingerprint density at radius 3 is 2.00 bits per heavy atom. The predicted octanol–water partition coefficient (Wildman–Crippen LogP) is 0.231. The maximum absolute atomic E-state index is 11.0. The van der Waals surface area contributed by atoms with E-state index < -0.39 is 15.3 Å². The Labute approximate surface area is 73.1 Å². The zero-order chi connectivity index (χ0) is 9.35. The van der Waals surface area contributed by atoms with E-state index in [1.165, 1.54) is 0 Å². The monoisotopic (exact) mass is 193 g/mol. The summed E-state index contributed by atoms with van der Waals surface area (Å²) in [5.74, 6) is 0. The van der Waals surface area contributed by atoms with Gasteiger partial charge in [0.2, 0.25) is 10.0 Å². The minimum absolute atomic E-state index is 0.00271. The second kappa shape index (κ2) is 3.32. The van der Waals surface area contributed by atoms with Crippen molar-refractivity contribution in [2.75, 3.05) is 0 Å². The van der Waals surface area contributed by atoms with Gasteiger partial charge in [-0.3, -0.25) is 0 Å². The SMILES string of the molecule is CC1CC(S(N)(=O)=O)CC(C)O1. The lowest BCUT2D eigenvalue weighted by Crippen LogP contribution is -2.40. The van der Waals surface area contributed by atoms with Crippen LogP contribution in [0.5, 0.6) is 0 Å². The quantitative estimate of drug-likeness (QED) is 0.648. The van der Waals surface area contributed by atoms with Crippen molar-refractivity contribution in [1.29, 1.82) is 0 Å². The van der Waals surface area contributed by atoms with E-state index in [-0.39, 0.29) is 12.2 Å². The first-order valence-electron chi connectivity index (χ1n) is 4.06. The molecular formula is C7H15NO3S. The molecule has 4 nitrogen and oxygen atoms in total. The summed E-state index contributed by atoms with van der Waals surface area (Å²) in [5.41, 5.74) is 0. The summed E-state index contributed by atoms with van der Waals surface area (Å²) < 4.78 is 27.4. The molecule has 72 valence electrons. The zero-order valence-electron chi connectivity index (χ0n) is 7.36. The number of nitrogens with two attached hydrogens (primary N) is 1. The molecule has 0 aromatic carbocycles. The average molecular weight is 193 g/mol. The van der Waals surface area contributed by atoms with Gasteiger partial charge in [-0.15, -0.1) is 0 Å². The van der Waals surface area contributed by atoms with Crippen LogP contribution in [0.4, 0.5) is 0 Å². The molecule has 2 unspecified atom stereocenters. The molecule has 0 aliphatic carbocycles. The molecule has 1 aliphatic heterocycles. The van der Waals surface area contributed by atoms with Gasteiger partial charge in [0.25, 0.3) is 0 Å². The third-order valence-electron chi connectivity index (χ3n) is 2.12. The van der Waals surface area contributed by atoms with Gasteiger partial charge in [0.1, 0.15) is 0 Å². The maximum atomic E-state index is 11.0. The van der Waals surface area contributed by atoms with Gasteiger partial charge in [-0.1, -0.05) is 0 Å². The van der Waals surface area contributed by atoms with Gasteiger partial charge in [0.15, 0.2) is 0 Å². The number of hydrogen-bond donors (Lipinski definition) is 1. The van der Waals surface area contributed by atoms with Crippen molar-refractivity contribution in [3.63, 3.8) is 0 Å². The molecule has 12 heavy (non-hydrogen) atoms. The Morgan fingerprint density at radius 2 is 1.67 bits per heavy atom. The largest absolute Gasteiger partial charge is 0.375 e. The van der Waals surface area contributed by atoms with Crippen LogP contribution >= 0.6 is 0 Å². The summed E-state index contributed by atoms with van der Waals surface area (Å²) in [4.78, 5) is 0. The molecule has 0 amide bonds. The number of sulfonamides is 1. The van der Waals surface area contributed by atoms with Gasteiger partial charge < -0.3 is 4.74 Å². The summed E-state index contributed by atoms with van der Waals surface area (Å²) in [7, 11) is -3.37. The van der Waals surface area contributed by atoms with Crippen LogP contribution in [0.15, 0.2) is 0 Å². The fourth-order valence-corrected chi connectivity index (χ4v) is 2.69. The Kier molecular flexibility index (Phi) is 2.75. The van der Waals surface area contributed by atoms with Crippen molar-refractivity contribution in [3.8, 4) is 0 Å². The third-order valence-corrected chi connectivity index (χ3v) is 3.43. The highest BCUT2D eigenvalue weighted by Crippen LogP contribution is 2.22. The van der Waals surface area contributed by atoms with E-state index in [1.54, 1.807) is 0 Å². The molecule has 5 heteroatoms. The van der Waals surface area contributed by atoms with Gasteiger partial charge in [-0.05, 0) is 26.7 Å². The highest BCUT2D eigenvalue weighted by molar-refractivity contribution is 7.89. The summed E-state index contributed by atoms with van der Waals surface area (Å²) >= 11 is 0. The number of ether oxygens (including phenoxy) is 1. The normalized spacial score (nSPS) is 38.1. The van der Waals surface area contributed by atoms with E-state index in [0.717, 1.165) is 0 Å². The van der Waals surface area contributed by atoms with E-state index in [1.807, 2.05) is 13.8 Å². The molecular weight excluding hydrogens is 178 g/mol. The first kappa shape index (κ1) is 9.95. The molecule has 1 fully saturated rings. The Balaban J connectivity index is 2.68. The van der Waals surface area contributed by atoms with Gasteiger partial charge in [-0.25, -0.2) is 13.6 Å². The van der Waals surface area contributed by atoms with Crippen LogP contribution in [-0.2, 0) is 14.8 Å². The molecule has 1 saturated heterocycles. The van der Waals surface area contributed by atoms with Crippen molar-refractivity contribution in [2.45, 2.75) is 44.1 Å². The second-order valence-corrected chi connectivity index (χ2v) is 5.28. The minimum Gasteiger partial charge on any atom is -0.375 e. The van der Waals surface area contributed by atoms with Crippen LogP contribution in [0, 0.1) is 0 Å². The number of primary sulfonamides is 1. The number of hydrogen-bond acceptors (Lipinski definition) is 3. The Hall–Kier alpha value is -0.130. The fraction of sp³-hybridized carbons (Fsp3) is 1.00. The topological polar surface area (TPSA) is 69.4 Å². The lowest BCUT2D eigenvalue weighted by Gasteiger charge is -2.30. The summed E-state index contributed by atoms with van der Waals surface area (Å²) in [6, 6.07) is 0. The van der Waals surface area contributed by atoms with Crippen LogP contribution in [-0.4, -0.2) is 25.9 Å². The van der Waals surface area contributed by atoms with Crippen LogP contribution in [0.3, 0.4) is 0 Å². The third kappa shape index (κ3) is 2.43. The zero-order valence-corrected chi connectivity index (χ0v) is 8.17. The van der Waals surface area contributed by atoms with Crippen molar-refractivity contribution in [1.82, 2.24) is 0 Å². The Morgan fingerprint density at radius 1 is 1.25 bits per heavy atom. The lowest BCUT2D eigenvalue weighted by molar-refractivity contribution is -0.0276. The van der Waals surface area contributed by atoms with E-state index in [2.05, 4.69) is 0 Å². The molecule has 0 spiro atoms. The van der Waals surface area contributed by atoms with Crippen LogP contribution in [0.2, 0.25) is 0 Å². The van der Waals surface area contributed by atoms with Crippen molar-refractivity contribution in [2.24, 2.45) is 5.14 Å². The molecule has 0 bridgehead atoms. The van der Waals surface area contributed by atoms with Gasteiger partial charge >= 0.3 is 0 Å². The van der Waals surface area contributed by atoms with Gasteiger partial charge in [0, 0.05) is 0 Å². The molecule has 2 N–H and O–H groups in total. The molecule has 1 aliphatic rings. The number of rotatable bonds is 1. The highest BCUT2D eigenvalue weighted by Gasteiger charge is 2.31. The molecule has 0 saturated carbocycles. The van der Waals surface area contributed by atoms with Gasteiger partial charge in [-0.2, -0.15) is 0 Å². The molecule has 2 atom stereocenters. The lowest BCUT2D eigenvalue weighted by atomic mass is 10.1. The van der Waals surface area contributed by atoms with E-state index >= 15 is 0 Å². The molecule has 0 aromatic rings. The molecule has 0 radical (unpaired) electrons. The summed E-state index contributed by atoms with van der Waals surface area (Å²) in [6.45, 7) is 3.74. The van der Waals surface area contributed by atoms with Crippen molar-refractivity contribution in [3.05, 3.63) is 0 Å². The standard InChI is InChI=1S/C7H15NO3S/c1-5-3-7(12(8,9)10)4-6(2)11-5/h5-7H,3-4H2,1-2H3,(H2,8,9,10). The van der Waals surface area contributed by atoms with Crippen molar-refractivity contribution < 1.29 is 13.2 Å². The molecule has 0 aromatic heterocycles. The predicted molar refractivity (Wildman–Crippen MR) is 46.1 cm³/mol. The first-order chi connectivity index (χ1) is 5.39. The molecule has 1 rings (SSSR count).